The number of fused-ring (bicyclic) bond motifs is 1. The van der Waals surface area contributed by atoms with Crippen LogP contribution in [0.25, 0.3) is 15.5 Å². The van der Waals surface area contributed by atoms with Gasteiger partial charge in [-0.15, -0.1) is 0 Å². The molecule has 0 aliphatic rings. The second-order valence-corrected chi connectivity index (χ2v) is 5.83. The highest BCUT2D eigenvalue weighted by molar-refractivity contribution is 7.19. The lowest BCUT2D eigenvalue weighted by atomic mass is 10.1. The zero-order valence-corrected chi connectivity index (χ0v) is 12.4. The lowest BCUT2D eigenvalue weighted by Crippen LogP contribution is -2.19. The van der Waals surface area contributed by atoms with Crippen molar-refractivity contribution in [2.45, 2.75) is 20.0 Å². The van der Waals surface area contributed by atoms with Gasteiger partial charge in [0.2, 0.25) is 4.96 Å². The van der Waals surface area contributed by atoms with Gasteiger partial charge in [0.1, 0.15) is 5.01 Å². The van der Waals surface area contributed by atoms with E-state index in [1.807, 2.05) is 32.0 Å². The fourth-order valence-electron chi connectivity index (χ4n) is 1.95. The maximum absolute atomic E-state index is 12.7. The predicted octanol–water partition coefficient (Wildman–Crippen LogP) is 3.45. The molecule has 0 spiro atoms. The number of aromatic nitrogens is 3. The van der Waals surface area contributed by atoms with Crippen molar-refractivity contribution in [3.05, 3.63) is 51.4 Å². The summed E-state index contributed by atoms with van der Waals surface area (Å²) in [6.07, 6.45) is -4.65. The van der Waals surface area contributed by atoms with Crippen LogP contribution in [0.1, 0.15) is 16.8 Å². The summed E-state index contributed by atoms with van der Waals surface area (Å²) < 4.78 is 39.0. The van der Waals surface area contributed by atoms with E-state index < -0.39 is 17.4 Å². The maximum atomic E-state index is 12.7. The highest BCUT2D eigenvalue weighted by Gasteiger charge is 2.34. The summed E-state index contributed by atoms with van der Waals surface area (Å²) >= 11 is 0.950. The Morgan fingerprint density at radius 1 is 1.14 bits per heavy atom. The molecule has 0 saturated carbocycles. The van der Waals surface area contributed by atoms with Crippen LogP contribution >= 0.6 is 11.3 Å². The third kappa shape index (κ3) is 2.50. The van der Waals surface area contributed by atoms with E-state index in [9.17, 15) is 18.0 Å². The van der Waals surface area contributed by atoms with E-state index in [1.54, 1.807) is 0 Å². The number of halogens is 3. The van der Waals surface area contributed by atoms with Gasteiger partial charge >= 0.3 is 6.18 Å². The minimum Gasteiger partial charge on any atom is -0.267 e. The fraction of sp³-hybridized carbons (Fsp3) is 0.214. The van der Waals surface area contributed by atoms with Crippen molar-refractivity contribution in [1.29, 1.82) is 0 Å². The third-order valence-electron chi connectivity index (χ3n) is 3.29. The molecule has 0 bridgehead atoms. The maximum Gasteiger partial charge on any atom is 0.433 e. The van der Waals surface area contributed by atoms with E-state index in [0.29, 0.717) is 11.1 Å². The highest BCUT2D eigenvalue weighted by Crippen LogP contribution is 2.29. The zero-order chi connectivity index (χ0) is 16.1. The quantitative estimate of drug-likeness (QED) is 0.688. The van der Waals surface area contributed by atoms with Crippen LogP contribution in [-0.4, -0.2) is 14.6 Å². The molecule has 0 unspecified atom stereocenters. The smallest absolute Gasteiger partial charge is 0.267 e. The lowest BCUT2D eigenvalue weighted by molar-refractivity contribution is -0.141. The highest BCUT2D eigenvalue weighted by atomic mass is 32.1. The zero-order valence-electron chi connectivity index (χ0n) is 11.6. The number of benzene rings is 1. The number of rotatable bonds is 1. The molecule has 0 atom stereocenters. The number of nitrogens with zero attached hydrogens (tertiary/aromatic N) is 3. The van der Waals surface area contributed by atoms with Gasteiger partial charge in [0.15, 0.2) is 5.69 Å². The van der Waals surface area contributed by atoms with Crippen molar-refractivity contribution in [3.63, 3.8) is 0 Å². The van der Waals surface area contributed by atoms with Gasteiger partial charge in [-0.05, 0) is 31.0 Å². The van der Waals surface area contributed by atoms with Gasteiger partial charge in [-0.25, -0.2) is 4.98 Å². The molecule has 1 aromatic carbocycles. The molecule has 0 amide bonds. The summed E-state index contributed by atoms with van der Waals surface area (Å²) in [7, 11) is 0. The molecule has 0 radical (unpaired) electrons. The van der Waals surface area contributed by atoms with Crippen LogP contribution in [0.2, 0.25) is 0 Å². The van der Waals surface area contributed by atoms with E-state index in [-0.39, 0.29) is 4.96 Å². The molecule has 8 heteroatoms. The topological polar surface area (TPSA) is 47.3 Å². The Balaban J connectivity index is 2.19. The number of hydrogen-bond donors (Lipinski definition) is 0. The largest absolute Gasteiger partial charge is 0.433 e. The second-order valence-electron chi connectivity index (χ2n) is 4.88. The SMILES string of the molecule is Cc1ccc(-c2nn3c(=O)cc(C(F)(F)F)nc3s2)cc1C. The normalized spacial score (nSPS) is 12.0. The van der Waals surface area contributed by atoms with Crippen molar-refractivity contribution >= 4 is 16.3 Å². The van der Waals surface area contributed by atoms with E-state index in [4.69, 9.17) is 0 Å². The number of aryl methyl sites for hydroxylation is 2. The molecule has 3 rings (SSSR count). The Morgan fingerprint density at radius 3 is 2.50 bits per heavy atom. The average molecular weight is 325 g/mol. The molecular weight excluding hydrogens is 315 g/mol. The lowest BCUT2D eigenvalue weighted by Gasteiger charge is -2.03. The van der Waals surface area contributed by atoms with Crippen molar-refractivity contribution in [1.82, 2.24) is 14.6 Å². The van der Waals surface area contributed by atoms with Crippen LogP contribution < -0.4 is 5.56 Å². The first-order chi connectivity index (χ1) is 10.3. The molecule has 0 aliphatic carbocycles. The molecule has 0 aliphatic heterocycles. The van der Waals surface area contributed by atoms with Gasteiger partial charge in [-0.2, -0.15) is 22.8 Å². The summed E-state index contributed by atoms with van der Waals surface area (Å²) in [5.41, 5.74) is 0.829. The first-order valence-electron chi connectivity index (χ1n) is 6.31. The molecule has 2 aromatic heterocycles. The minimum atomic E-state index is -4.65. The van der Waals surface area contributed by atoms with Crippen LogP contribution in [0.4, 0.5) is 13.2 Å². The number of alkyl halides is 3. The first kappa shape index (κ1) is 14.7. The van der Waals surface area contributed by atoms with Gasteiger partial charge in [-0.3, -0.25) is 4.79 Å². The van der Waals surface area contributed by atoms with Gasteiger partial charge < -0.3 is 0 Å². The molecule has 0 saturated heterocycles. The van der Waals surface area contributed by atoms with Crippen molar-refractivity contribution < 1.29 is 13.2 Å². The van der Waals surface area contributed by atoms with Gasteiger partial charge in [0.25, 0.3) is 5.56 Å². The molecule has 4 nitrogen and oxygen atoms in total. The van der Waals surface area contributed by atoms with Crippen molar-refractivity contribution in [2.24, 2.45) is 0 Å². The van der Waals surface area contributed by atoms with E-state index >= 15 is 0 Å². The summed E-state index contributed by atoms with van der Waals surface area (Å²) in [6.45, 7) is 3.89. The Labute approximate surface area is 126 Å². The number of hydrogen-bond acceptors (Lipinski definition) is 4. The summed E-state index contributed by atoms with van der Waals surface area (Å²) in [6, 6.07) is 6.05. The molecule has 22 heavy (non-hydrogen) atoms. The monoisotopic (exact) mass is 325 g/mol. The van der Waals surface area contributed by atoms with Gasteiger partial charge in [-0.1, -0.05) is 23.5 Å². The molecule has 0 N–H and O–H groups in total. The van der Waals surface area contributed by atoms with E-state index in [1.165, 1.54) is 0 Å². The Bertz CT molecular complexity index is 927. The molecule has 114 valence electrons. The van der Waals surface area contributed by atoms with Crippen LogP contribution in [-0.2, 0) is 6.18 Å². The van der Waals surface area contributed by atoms with Crippen LogP contribution in [0, 0.1) is 13.8 Å². The predicted molar refractivity (Wildman–Crippen MR) is 77.0 cm³/mol. The molecule has 3 aromatic rings. The van der Waals surface area contributed by atoms with Crippen molar-refractivity contribution in [2.75, 3.05) is 0 Å². The summed E-state index contributed by atoms with van der Waals surface area (Å²) in [4.78, 5) is 15.2. The Hall–Kier alpha value is -2.22. The summed E-state index contributed by atoms with van der Waals surface area (Å²) in [5.74, 6) is 0. The van der Waals surface area contributed by atoms with Gasteiger partial charge in [0, 0.05) is 11.6 Å². The van der Waals surface area contributed by atoms with E-state index in [0.717, 1.165) is 32.5 Å². The molecular formula is C14H10F3N3OS. The minimum absolute atomic E-state index is 0.0759. The van der Waals surface area contributed by atoms with Gasteiger partial charge in [0.05, 0.1) is 0 Å². The fourth-order valence-corrected chi connectivity index (χ4v) is 2.85. The first-order valence-corrected chi connectivity index (χ1v) is 7.13. The molecule has 0 fully saturated rings. The van der Waals surface area contributed by atoms with Crippen LogP contribution in [0.3, 0.4) is 0 Å². The van der Waals surface area contributed by atoms with Crippen LogP contribution in [0.15, 0.2) is 29.1 Å². The average Bonchev–Trinajstić information content (AvgIpc) is 2.85. The Kier molecular flexibility index (Phi) is 3.28. The molecule has 2 heterocycles. The van der Waals surface area contributed by atoms with Crippen LogP contribution in [0.5, 0.6) is 0 Å². The Morgan fingerprint density at radius 2 is 1.86 bits per heavy atom. The standard InChI is InChI=1S/C14H10F3N3OS/c1-7-3-4-9(5-8(7)2)12-19-20-11(21)6-10(14(15,16)17)18-13(20)22-12/h3-6H,1-2H3. The van der Waals surface area contributed by atoms with Crippen molar-refractivity contribution in [3.8, 4) is 10.6 Å². The third-order valence-corrected chi connectivity index (χ3v) is 4.25. The second kappa shape index (κ2) is 4.91. The van der Waals surface area contributed by atoms with E-state index in [2.05, 4.69) is 10.1 Å². The summed E-state index contributed by atoms with van der Waals surface area (Å²) in [5, 5.41) is 4.52.